The monoisotopic (exact) mass is 449 g/mol. The van der Waals surface area contributed by atoms with Gasteiger partial charge >= 0.3 is 0 Å². The Morgan fingerprint density at radius 1 is 1.09 bits per heavy atom. The molecule has 1 aliphatic rings. The molecule has 1 saturated heterocycles. The second kappa shape index (κ2) is 9.94. The van der Waals surface area contributed by atoms with Crippen LogP contribution < -0.4 is 5.32 Å². The predicted molar refractivity (Wildman–Crippen MR) is 122 cm³/mol. The summed E-state index contributed by atoms with van der Waals surface area (Å²) >= 11 is 0. The van der Waals surface area contributed by atoms with Crippen LogP contribution in [-0.2, 0) is 17.9 Å². The Morgan fingerprint density at radius 2 is 1.76 bits per heavy atom. The van der Waals surface area contributed by atoms with E-state index in [4.69, 9.17) is 0 Å². The van der Waals surface area contributed by atoms with E-state index in [9.17, 15) is 14.0 Å². The number of halogens is 1. The molecular weight excluding hydrogens is 421 g/mol. The molecule has 1 fully saturated rings. The van der Waals surface area contributed by atoms with Crippen molar-refractivity contribution in [3.05, 3.63) is 82.9 Å². The molecule has 33 heavy (non-hydrogen) atoms. The van der Waals surface area contributed by atoms with Crippen LogP contribution in [0.4, 0.5) is 4.39 Å². The second-order valence-electron chi connectivity index (χ2n) is 8.88. The van der Waals surface area contributed by atoms with E-state index in [2.05, 4.69) is 53.7 Å². The Balaban J connectivity index is 1.26. The summed E-state index contributed by atoms with van der Waals surface area (Å²) in [6.07, 6.45) is 1.98. The minimum Gasteiger partial charge on any atom is -0.350 e. The first kappa shape index (κ1) is 22.6. The molecule has 1 aliphatic heterocycles. The molecule has 1 unspecified atom stereocenters. The number of likely N-dealkylation sites (tertiary alicyclic amines) is 1. The second-order valence-corrected chi connectivity index (χ2v) is 8.88. The van der Waals surface area contributed by atoms with E-state index in [-0.39, 0.29) is 29.2 Å². The van der Waals surface area contributed by atoms with Gasteiger partial charge in [-0.05, 0) is 34.7 Å². The Kier molecular flexibility index (Phi) is 6.82. The first-order valence-corrected chi connectivity index (χ1v) is 11.2. The van der Waals surface area contributed by atoms with Gasteiger partial charge in [-0.1, -0.05) is 55.5 Å². The van der Waals surface area contributed by atoms with E-state index >= 15 is 0 Å². The highest BCUT2D eigenvalue weighted by molar-refractivity contribution is 5.91. The van der Waals surface area contributed by atoms with E-state index in [1.165, 1.54) is 22.4 Å². The molecule has 0 saturated carbocycles. The lowest BCUT2D eigenvalue weighted by Crippen LogP contribution is -2.31. The largest absolute Gasteiger partial charge is 0.350 e. The molecule has 8 heteroatoms. The zero-order chi connectivity index (χ0) is 23.4. The van der Waals surface area contributed by atoms with Gasteiger partial charge in [0.05, 0.1) is 12.7 Å². The van der Waals surface area contributed by atoms with Crippen molar-refractivity contribution < 1.29 is 14.0 Å². The van der Waals surface area contributed by atoms with Gasteiger partial charge in [0.15, 0.2) is 5.69 Å². The van der Waals surface area contributed by atoms with Crippen molar-refractivity contribution in [3.8, 4) is 0 Å². The summed E-state index contributed by atoms with van der Waals surface area (Å²) in [6.45, 7) is 6.30. The van der Waals surface area contributed by atoms with Gasteiger partial charge in [-0.3, -0.25) is 9.59 Å². The van der Waals surface area contributed by atoms with Crippen LogP contribution in [0.15, 0.2) is 54.7 Å². The lowest BCUT2D eigenvalue weighted by atomic mass is 10.0. The SMILES string of the molecule is CC(C)c1ccc(CN2CC(CNC(=O)c3cn(Cc4ccc(F)cc4)nn3)CC2=O)cc1. The van der Waals surface area contributed by atoms with Crippen LogP contribution in [0.5, 0.6) is 0 Å². The quantitative estimate of drug-likeness (QED) is 0.572. The summed E-state index contributed by atoms with van der Waals surface area (Å²) in [6, 6.07) is 14.5. The summed E-state index contributed by atoms with van der Waals surface area (Å²) in [5.41, 5.74) is 3.46. The van der Waals surface area contributed by atoms with Crippen LogP contribution in [0, 0.1) is 11.7 Å². The number of aromatic nitrogens is 3. The van der Waals surface area contributed by atoms with Crippen LogP contribution >= 0.6 is 0 Å². The van der Waals surface area contributed by atoms with Crippen LogP contribution in [0.1, 0.15) is 53.4 Å². The van der Waals surface area contributed by atoms with Crippen LogP contribution in [0.25, 0.3) is 0 Å². The number of hydrogen-bond donors (Lipinski definition) is 1. The third kappa shape index (κ3) is 5.83. The molecule has 0 spiro atoms. The summed E-state index contributed by atoms with van der Waals surface area (Å²) in [5.74, 6) is 0.0176. The Labute approximate surface area is 192 Å². The fourth-order valence-corrected chi connectivity index (χ4v) is 3.96. The van der Waals surface area contributed by atoms with Gasteiger partial charge in [0.25, 0.3) is 5.91 Å². The fourth-order valence-electron chi connectivity index (χ4n) is 3.96. The van der Waals surface area contributed by atoms with Crippen molar-refractivity contribution in [1.82, 2.24) is 25.2 Å². The molecule has 172 valence electrons. The number of carbonyl (C=O) groups excluding carboxylic acids is 2. The molecule has 0 bridgehead atoms. The minimum absolute atomic E-state index is 0.0608. The maximum absolute atomic E-state index is 13.0. The first-order chi connectivity index (χ1) is 15.9. The summed E-state index contributed by atoms with van der Waals surface area (Å²) < 4.78 is 14.6. The van der Waals surface area contributed by atoms with Crippen LogP contribution in [0.3, 0.4) is 0 Å². The molecular formula is C25H28FN5O2. The van der Waals surface area contributed by atoms with Gasteiger partial charge in [0.1, 0.15) is 5.82 Å². The highest BCUT2D eigenvalue weighted by Gasteiger charge is 2.30. The first-order valence-electron chi connectivity index (χ1n) is 11.2. The molecule has 2 heterocycles. The normalized spacial score (nSPS) is 15.9. The number of carbonyl (C=O) groups is 2. The van der Waals surface area contributed by atoms with Gasteiger partial charge in [-0.15, -0.1) is 5.10 Å². The smallest absolute Gasteiger partial charge is 0.273 e. The van der Waals surface area contributed by atoms with E-state index in [1.807, 2.05) is 4.90 Å². The maximum atomic E-state index is 13.0. The average Bonchev–Trinajstić information content (AvgIpc) is 3.40. The van der Waals surface area contributed by atoms with Crippen molar-refractivity contribution in [1.29, 1.82) is 0 Å². The van der Waals surface area contributed by atoms with Gasteiger partial charge in [-0.2, -0.15) is 0 Å². The maximum Gasteiger partial charge on any atom is 0.273 e. The number of hydrogen-bond acceptors (Lipinski definition) is 4. The molecule has 2 amide bonds. The third-order valence-corrected chi connectivity index (χ3v) is 5.89. The minimum atomic E-state index is -0.324. The highest BCUT2D eigenvalue weighted by Crippen LogP contribution is 2.21. The average molecular weight is 450 g/mol. The molecule has 0 radical (unpaired) electrons. The predicted octanol–water partition coefficient (Wildman–Crippen LogP) is 3.37. The molecule has 7 nitrogen and oxygen atoms in total. The zero-order valence-electron chi connectivity index (χ0n) is 18.9. The Bertz CT molecular complexity index is 1110. The summed E-state index contributed by atoms with van der Waals surface area (Å²) in [5, 5.41) is 10.8. The topological polar surface area (TPSA) is 80.1 Å². The van der Waals surface area contributed by atoms with Crippen molar-refractivity contribution in [3.63, 3.8) is 0 Å². The number of nitrogens with one attached hydrogen (secondary N) is 1. The van der Waals surface area contributed by atoms with E-state index in [0.717, 1.165) is 11.1 Å². The van der Waals surface area contributed by atoms with Gasteiger partial charge in [-0.25, -0.2) is 9.07 Å². The summed E-state index contributed by atoms with van der Waals surface area (Å²) in [7, 11) is 0. The zero-order valence-corrected chi connectivity index (χ0v) is 18.9. The number of amides is 2. The Hall–Kier alpha value is -3.55. The molecule has 0 aliphatic carbocycles. The van der Waals surface area contributed by atoms with E-state index in [0.29, 0.717) is 38.5 Å². The molecule has 1 N–H and O–H groups in total. The molecule has 1 atom stereocenters. The van der Waals surface area contributed by atoms with E-state index < -0.39 is 0 Å². The van der Waals surface area contributed by atoms with E-state index in [1.54, 1.807) is 18.3 Å². The van der Waals surface area contributed by atoms with Crippen molar-refractivity contribution in [2.24, 2.45) is 5.92 Å². The van der Waals surface area contributed by atoms with Crippen LogP contribution in [0.2, 0.25) is 0 Å². The van der Waals surface area contributed by atoms with Crippen molar-refractivity contribution in [2.45, 2.75) is 39.3 Å². The Morgan fingerprint density at radius 3 is 2.45 bits per heavy atom. The highest BCUT2D eigenvalue weighted by atomic mass is 19.1. The lowest BCUT2D eigenvalue weighted by molar-refractivity contribution is -0.128. The lowest BCUT2D eigenvalue weighted by Gasteiger charge is -2.17. The molecule has 3 aromatic rings. The third-order valence-electron chi connectivity index (χ3n) is 5.89. The van der Waals surface area contributed by atoms with Crippen molar-refractivity contribution >= 4 is 11.8 Å². The molecule has 4 rings (SSSR count). The fraction of sp³-hybridized carbons (Fsp3) is 0.360. The van der Waals surface area contributed by atoms with Gasteiger partial charge in [0.2, 0.25) is 5.91 Å². The standard InChI is InChI=1S/C25H28FN5O2/c1-17(2)21-7-3-18(4-8-21)13-30-14-20(11-24(30)32)12-27-25(33)23-16-31(29-28-23)15-19-5-9-22(26)10-6-19/h3-10,16-17,20H,11-15H2,1-2H3,(H,27,33). The number of benzene rings is 2. The number of nitrogens with zero attached hydrogens (tertiary/aromatic N) is 4. The molecule has 2 aromatic carbocycles. The van der Waals surface area contributed by atoms with Gasteiger partial charge < -0.3 is 10.2 Å². The van der Waals surface area contributed by atoms with Gasteiger partial charge in [0, 0.05) is 32.0 Å². The van der Waals surface area contributed by atoms with Crippen molar-refractivity contribution in [2.75, 3.05) is 13.1 Å². The van der Waals surface area contributed by atoms with Crippen LogP contribution in [-0.4, -0.2) is 44.8 Å². The number of rotatable bonds is 8. The molecule has 1 aromatic heterocycles. The summed E-state index contributed by atoms with van der Waals surface area (Å²) in [4.78, 5) is 26.8.